The van der Waals surface area contributed by atoms with Crippen molar-refractivity contribution in [2.75, 3.05) is 0 Å². The molecular weight excluding hydrogens is 416 g/mol. The largest absolute Gasteiger partial charge is 0.309 e. The van der Waals surface area contributed by atoms with Crippen molar-refractivity contribution >= 4 is 32.7 Å². The summed E-state index contributed by atoms with van der Waals surface area (Å²) in [6.45, 7) is 0. The van der Waals surface area contributed by atoms with Gasteiger partial charge in [0, 0.05) is 33.6 Å². The highest BCUT2D eigenvalue weighted by Gasteiger charge is 2.17. The van der Waals surface area contributed by atoms with E-state index in [0.29, 0.717) is 0 Å². The van der Waals surface area contributed by atoms with Crippen molar-refractivity contribution < 1.29 is 0 Å². The van der Waals surface area contributed by atoms with E-state index in [1.807, 2.05) is 42.7 Å². The molecule has 0 unspecified atom stereocenters. The molecule has 0 bridgehead atoms. The normalized spacial score (nSPS) is 11.5. The topological polar surface area (TPSA) is 35.6 Å². The van der Waals surface area contributed by atoms with Gasteiger partial charge in [0.05, 0.1) is 34.6 Å². The molecule has 7 rings (SSSR count). The number of para-hydroxylation sites is 2. The van der Waals surface area contributed by atoms with Crippen LogP contribution in [0.5, 0.6) is 0 Å². The van der Waals surface area contributed by atoms with Crippen molar-refractivity contribution in [1.29, 1.82) is 0 Å². The van der Waals surface area contributed by atoms with Gasteiger partial charge in [0.1, 0.15) is 0 Å². The van der Waals surface area contributed by atoms with Crippen LogP contribution in [0, 0.1) is 0 Å². The molecule has 0 fully saturated rings. The van der Waals surface area contributed by atoms with Gasteiger partial charge in [-0.25, -0.2) is 4.98 Å². The summed E-state index contributed by atoms with van der Waals surface area (Å²) in [6, 6.07) is 35.9. The maximum Gasteiger partial charge on any atom is 0.155 e. The van der Waals surface area contributed by atoms with Crippen molar-refractivity contribution in [3.8, 4) is 22.8 Å². The summed E-state index contributed by atoms with van der Waals surface area (Å²) in [5.74, 6) is 0.802. The molecule has 0 amide bonds. The third-order valence-corrected chi connectivity index (χ3v) is 6.47. The van der Waals surface area contributed by atoms with E-state index in [1.165, 1.54) is 27.2 Å². The lowest BCUT2D eigenvalue weighted by atomic mass is 10.1. The molecule has 0 aliphatic carbocycles. The van der Waals surface area contributed by atoms with Crippen LogP contribution in [0.3, 0.4) is 0 Å². The highest BCUT2D eigenvalue weighted by atomic mass is 15.1. The molecule has 7 aromatic rings. The quantitative estimate of drug-likeness (QED) is 0.294. The van der Waals surface area contributed by atoms with Crippen LogP contribution in [-0.2, 0) is 0 Å². The molecule has 0 saturated carbocycles. The van der Waals surface area contributed by atoms with Gasteiger partial charge < -0.3 is 4.57 Å². The smallest absolute Gasteiger partial charge is 0.155 e. The molecule has 0 aliphatic heterocycles. The van der Waals surface area contributed by atoms with E-state index >= 15 is 0 Å². The lowest BCUT2D eigenvalue weighted by molar-refractivity contribution is 1.02. The monoisotopic (exact) mass is 436 g/mol. The molecular formula is C30H20N4. The van der Waals surface area contributed by atoms with Gasteiger partial charge in [0.25, 0.3) is 0 Å². The van der Waals surface area contributed by atoms with E-state index < -0.39 is 0 Å². The zero-order chi connectivity index (χ0) is 22.5. The summed E-state index contributed by atoms with van der Waals surface area (Å²) >= 11 is 0. The minimum atomic E-state index is 0.802. The van der Waals surface area contributed by atoms with Crippen LogP contribution in [0.1, 0.15) is 0 Å². The Kier molecular flexibility index (Phi) is 4.11. The van der Waals surface area contributed by atoms with Crippen LogP contribution in [0.15, 0.2) is 122 Å². The molecule has 160 valence electrons. The lowest BCUT2D eigenvalue weighted by Crippen LogP contribution is -1.98. The predicted molar refractivity (Wildman–Crippen MR) is 139 cm³/mol. The summed E-state index contributed by atoms with van der Waals surface area (Å²) in [5.41, 5.74) is 6.60. The van der Waals surface area contributed by atoms with E-state index in [9.17, 15) is 0 Å². The van der Waals surface area contributed by atoms with Crippen LogP contribution >= 0.6 is 0 Å². The van der Waals surface area contributed by atoms with Crippen LogP contribution < -0.4 is 0 Å². The Labute approximate surface area is 196 Å². The van der Waals surface area contributed by atoms with Crippen molar-refractivity contribution in [2.45, 2.75) is 0 Å². The van der Waals surface area contributed by atoms with Gasteiger partial charge in [0.15, 0.2) is 5.82 Å². The van der Waals surface area contributed by atoms with Gasteiger partial charge in [-0.1, -0.05) is 72.8 Å². The van der Waals surface area contributed by atoms with Crippen LogP contribution in [0.4, 0.5) is 0 Å². The van der Waals surface area contributed by atoms with E-state index in [0.717, 1.165) is 28.3 Å². The van der Waals surface area contributed by atoms with Gasteiger partial charge in [-0.15, -0.1) is 0 Å². The zero-order valence-electron chi connectivity index (χ0n) is 18.3. The highest BCUT2D eigenvalue weighted by molar-refractivity contribution is 6.18. The Morgan fingerprint density at radius 2 is 1.29 bits per heavy atom. The zero-order valence-corrected chi connectivity index (χ0v) is 18.3. The Morgan fingerprint density at radius 3 is 2.09 bits per heavy atom. The molecule has 0 atom stereocenters. The van der Waals surface area contributed by atoms with Crippen molar-refractivity contribution in [3.05, 3.63) is 122 Å². The first-order valence-corrected chi connectivity index (χ1v) is 11.3. The molecule has 3 aromatic heterocycles. The highest BCUT2D eigenvalue weighted by Crippen LogP contribution is 2.37. The van der Waals surface area contributed by atoms with Crippen molar-refractivity contribution in [2.24, 2.45) is 0 Å². The molecule has 0 spiro atoms. The number of aromatic nitrogens is 4. The van der Waals surface area contributed by atoms with Crippen LogP contribution in [0.2, 0.25) is 0 Å². The minimum Gasteiger partial charge on any atom is -0.309 e. The molecule has 3 heterocycles. The summed E-state index contributed by atoms with van der Waals surface area (Å²) in [4.78, 5) is 9.43. The average Bonchev–Trinajstić information content (AvgIpc) is 3.49. The fourth-order valence-electron chi connectivity index (χ4n) is 4.92. The number of rotatable bonds is 3. The Balaban J connectivity index is 1.46. The molecule has 0 saturated heterocycles. The van der Waals surface area contributed by atoms with Gasteiger partial charge in [-0.05, 0) is 30.3 Å². The third-order valence-electron chi connectivity index (χ3n) is 6.47. The third kappa shape index (κ3) is 2.79. The molecule has 0 radical (unpaired) electrons. The first kappa shape index (κ1) is 18.8. The number of hydrogen-bond donors (Lipinski definition) is 0. The van der Waals surface area contributed by atoms with Crippen LogP contribution in [-0.4, -0.2) is 19.1 Å². The molecule has 4 aromatic carbocycles. The van der Waals surface area contributed by atoms with E-state index in [2.05, 4.69) is 93.1 Å². The Bertz CT molecular complexity index is 1780. The fraction of sp³-hybridized carbons (Fsp3) is 0. The van der Waals surface area contributed by atoms with Gasteiger partial charge >= 0.3 is 0 Å². The average molecular weight is 437 g/mol. The second-order valence-corrected chi connectivity index (χ2v) is 8.39. The predicted octanol–water partition coefficient (Wildman–Crippen LogP) is 7.18. The van der Waals surface area contributed by atoms with E-state index in [4.69, 9.17) is 4.98 Å². The second-order valence-electron chi connectivity index (χ2n) is 8.39. The first-order chi connectivity index (χ1) is 16.9. The molecule has 4 nitrogen and oxygen atoms in total. The second kappa shape index (κ2) is 7.42. The molecule has 4 heteroatoms. The Hall–Kier alpha value is -4.70. The standard InChI is InChI=1S/C30H20N4/c1-3-9-21(10-4-1)26-19-32-29(20-31-26)33-18-17-25-27(33)16-15-24-23-13-7-8-14-28(23)34(30(24)25)22-11-5-2-6-12-22/h1-20H. The Morgan fingerprint density at radius 1 is 0.529 bits per heavy atom. The number of nitrogens with zero attached hydrogens (tertiary/aromatic N) is 4. The maximum absolute atomic E-state index is 4.74. The first-order valence-electron chi connectivity index (χ1n) is 11.3. The molecule has 34 heavy (non-hydrogen) atoms. The van der Waals surface area contributed by atoms with Gasteiger partial charge in [0.2, 0.25) is 0 Å². The SMILES string of the molecule is c1ccc(-c2cnc(-n3ccc4c3ccc3c5ccccc5n(-c5ccccc5)c34)cn2)cc1. The maximum atomic E-state index is 4.74. The summed E-state index contributed by atoms with van der Waals surface area (Å²) in [6.07, 6.45) is 5.78. The summed E-state index contributed by atoms with van der Waals surface area (Å²) < 4.78 is 4.48. The summed E-state index contributed by atoms with van der Waals surface area (Å²) in [5, 5.41) is 3.68. The number of fused-ring (bicyclic) bond motifs is 5. The minimum absolute atomic E-state index is 0.802. The van der Waals surface area contributed by atoms with Crippen LogP contribution in [0.25, 0.3) is 55.5 Å². The van der Waals surface area contributed by atoms with Gasteiger partial charge in [-0.2, -0.15) is 0 Å². The fourth-order valence-corrected chi connectivity index (χ4v) is 4.92. The summed E-state index contributed by atoms with van der Waals surface area (Å²) in [7, 11) is 0. The van der Waals surface area contributed by atoms with E-state index in [1.54, 1.807) is 0 Å². The van der Waals surface area contributed by atoms with Crippen molar-refractivity contribution in [1.82, 2.24) is 19.1 Å². The molecule has 0 N–H and O–H groups in total. The number of benzene rings is 4. The number of hydrogen-bond acceptors (Lipinski definition) is 2. The van der Waals surface area contributed by atoms with E-state index in [-0.39, 0.29) is 0 Å². The molecule has 0 aliphatic rings. The van der Waals surface area contributed by atoms with Crippen molar-refractivity contribution in [3.63, 3.8) is 0 Å². The lowest BCUT2D eigenvalue weighted by Gasteiger charge is -2.09. The van der Waals surface area contributed by atoms with Gasteiger partial charge in [-0.3, -0.25) is 9.55 Å².